The first-order valence-electron chi connectivity index (χ1n) is 3.31. The fourth-order valence-corrected chi connectivity index (χ4v) is 1.09. The second-order valence-corrected chi connectivity index (χ2v) is 2.49. The summed E-state index contributed by atoms with van der Waals surface area (Å²) in [6.07, 6.45) is -3.13. The van der Waals surface area contributed by atoms with Gasteiger partial charge in [-0.2, -0.15) is 13.2 Å². The van der Waals surface area contributed by atoms with Gasteiger partial charge in [0, 0.05) is 18.1 Å². The van der Waals surface area contributed by atoms with Crippen LogP contribution in [-0.2, 0) is 4.79 Å². The molecule has 1 fully saturated rings. The number of carbonyl (C=O) groups excluding carboxylic acids is 1. The second kappa shape index (κ2) is 2.68. The van der Waals surface area contributed by atoms with Crippen molar-refractivity contribution < 1.29 is 18.0 Å². The zero-order valence-electron chi connectivity index (χ0n) is 5.74. The molecule has 0 unspecified atom stereocenters. The van der Waals surface area contributed by atoms with Crippen molar-refractivity contribution in [1.82, 2.24) is 0 Å². The Morgan fingerprint density at radius 3 is 2.27 bits per heavy atom. The molecule has 1 saturated carbocycles. The van der Waals surface area contributed by atoms with Crippen LogP contribution in [0.1, 0.15) is 19.3 Å². The van der Waals surface area contributed by atoms with Crippen LogP contribution >= 0.6 is 0 Å². The Morgan fingerprint density at radius 1 is 1.27 bits per heavy atom. The fourth-order valence-electron chi connectivity index (χ4n) is 1.09. The Labute approximate surface area is 61.9 Å². The zero-order chi connectivity index (χ0) is 8.48. The maximum absolute atomic E-state index is 11.7. The molecule has 0 spiro atoms. The van der Waals surface area contributed by atoms with Gasteiger partial charge in [-0.25, -0.2) is 0 Å². The van der Waals surface area contributed by atoms with Crippen LogP contribution in [0, 0.1) is 0 Å². The maximum atomic E-state index is 11.7. The molecular formula is C7H7F3O. The standard InChI is InChI=1S/C7H7F3O/c8-7(9,10)4-5-2-1-3-6(5)11/h4H,1-3H2/b5-4+. The number of halogens is 3. The Hall–Kier alpha value is -0.800. The lowest BCUT2D eigenvalue weighted by molar-refractivity contribution is -0.115. The van der Waals surface area contributed by atoms with Crippen LogP contribution in [0.2, 0.25) is 0 Å². The topological polar surface area (TPSA) is 17.1 Å². The highest BCUT2D eigenvalue weighted by molar-refractivity contribution is 5.97. The molecule has 0 saturated heterocycles. The number of hydrogen-bond donors (Lipinski definition) is 0. The van der Waals surface area contributed by atoms with E-state index in [-0.39, 0.29) is 30.3 Å². The molecule has 0 aromatic heterocycles. The molecule has 62 valence electrons. The third-order valence-corrected chi connectivity index (χ3v) is 1.55. The van der Waals surface area contributed by atoms with E-state index in [0.29, 0.717) is 6.42 Å². The molecule has 1 aliphatic rings. The highest BCUT2D eigenvalue weighted by Crippen LogP contribution is 2.26. The van der Waals surface area contributed by atoms with Gasteiger partial charge in [0.05, 0.1) is 0 Å². The van der Waals surface area contributed by atoms with Crippen LogP contribution in [0.4, 0.5) is 13.2 Å². The minimum absolute atomic E-state index is 0.0718. The Bertz CT molecular complexity index is 202. The number of hydrogen-bond acceptors (Lipinski definition) is 1. The van der Waals surface area contributed by atoms with Crippen LogP contribution in [0.3, 0.4) is 0 Å². The molecule has 0 radical (unpaired) electrons. The number of Topliss-reactive ketones (excluding diaryl/α,β-unsaturated/α-hetero) is 1. The third-order valence-electron chi connectivity index (χ3n) is 1.55. The molecule has 0 N–H and O–H groups in total. The Morgan fingerprint density at radius 2 is 1.91 bits per heavy atom. The highest BCUT2D eigenvalue weighted by Gasteiger charge is 2.28. The van der Waals surface area contributed by atoms with Crippen molar-refractivity contribution in [2.75, 3.05) is 0 Å². The third kappa shape index (κ3) is 2.37. The van der Waals surface area contributed by atoms with E-state index in [9.17, 15) is 18.0 Å². The van der Waals surface area contributed by atoms with Gasteiger partial charge in [0.2, 0.25) is 0 Å². The first-order chi connectivity index (χ1) is 4.99. The molecule has 1 rings (SSSR count). The number of alkyl halides is 3. The molecule has 0 bridgehead atoms. The molecule has 0 amide bonds. The van der Waals surface area contributed by atoms with Crippen LogP contribution < -0.4 is 0 Å². The molecule has 4 heteroatoms. The molecule has 1 aliphatic carbocycles. The van der Waals surface area contributed by atoms with Gasteiger partial charge in [-0.15, -0.1) is 0 Å². The van der Waals surface area contributed by atoms with Gasteiger partial charge in [-0.1, -0.05) is 0 Å². The van der Waals surface area contributed by atoms with Crippen molar-refractivity contribution >= 4 is 5.78 Å². The Kier molecular flexibility index (Phi) is 2.02. The van der Waals surface area contributed by atoms with Gasteiger partial charge in [0.25, 0.3) is 0 Å². The van der Waals surface area contributed by atoms with Crippen molar-refractivity contribution in [3.05, 3.63) is 11.6 Å². The Balaban J connectivity index is 2.73. The van der Waals surface area contributed by atoms with Crippen molar-refractivity contribution in [2.24, 2.45) is 0 Å². The van der Waals surface area contributed by atoms with Crippen LogP contribution in [0.25, 0.3) is 0 Å². The normalized spacial score (nSPS) is 23.2. The van der Waals surface area contributed by atoms with Gasteiger partial charge < -0.3 is 0 Å². The lowest BCUT2D eigenvalue weighted by atomic mass is 10.2. The van der Waals surface area contributed by atoms with Crippen molar-refractivity contribution in [3.63, 3.8) is 0 Å². The van der Waals surface area contributed by atoms with E-state index < -0.39 is 6.18 Å². The molecule has 0 heterocycles. The quantitative estimate of drug-likeness (QED) is 0.502. The summed E-state index contributed by atoms with van der Waals surface area (Å²) in [5.41, 5.74) is -0.0718. The first kappa shape index (κ1) is 8.30. The lowest BCUT2D eigenvalue weighted by Crippen LogP contribution is -2.05. The summed E-state index contributed by atoms with van der Waals surface area (Å²) >= 11 is 0. The average molecular weight is 164 g/mol. The van der Waals surface area contributed by atoms with E-state index in [1.54, 1.807) is 0 Å². The smallest absolute Gasteiger partial charge is 0.295 e. The zero-order valence-corrected chi connectivity index (χ0v) is 5.74. The van der Waals surface area contributed by atoms with Crippen LogP contribution in [0.15, 0.2) is 11.6 Å². The SMILES string of the molecule is O=C1CCC/C1=C\C(F)(F)F. The average Bonchev–Trinajstić information content (AvgIpc) is 2.12. The molecule has 0 atom stereocenters. The predicted molar refractivity (Wildman–Crippen MR) is 33.0 cm³/mol. The molecule has 11 heavy (non-hydrogen) atoms. The summed E-state index contributed by atoms with van der Waals surface area (Å²) in [6.45, 7) is 0. The van der Waals surface area contributed by atoms with Gasteiger partial charge in [-0.3, -0.25) is 4.79 Å². The summed E-state index contributed by atoms with van der Waals surface area (Å²) < 4.78 is 35.0. The number of carbonyl (C=O) groups is 1. The number of ketones is 1. The van der Waals surface area contributed by atoms with E-state index in [2.05, 4.69) is 0 Å². The van der Waals surface area contributed by atoms with Crippen molar-refractivity contribution in [1.29, 1.82) is 0 Å². The predicted octanol–water partition coefficient (Wildman–Crippen LogP) is 2.23. The van der Waals surface area contributed by atoms with Gasteiger partial charge >= 0.3 is 6.18 Å². The summed E-state index contributed by atoms with van der Waals surface area (Å²) in [6, 6.07) is 0. The number of allylic oxidation sites excluding steroid dienone is 2. The van der Waals surface area contributed by atoms with E-state index in [1.165, 1.54) is 0 Å². The highest BCUT2D eigenvalue weighted by atomic mass is 19.4. The van der Waals surface area contributed by atoms with Gasteiger partial charge in [-0.05, 0) is 12.8 Å². The van der Waals surface area contributed by atoms with Crippen molar-refractivity contribution in [3.8, 4) is 0 Å². The van der Waals surface area contributed by atoms with Gasteiger partial charge in [0.1, 0.15) is 0 Å². The fraction of sp³-hybridized carbons (Fsp3) is 0.571. The van der Waals surface area contributed by atoms with Crippen LogP contribution in [-0.4, -0.2) is 12.0 Å². The maximum Gasteiger partial charge on any atom is 0.410 e. The van der Waals surface area contributed by atoms with Crippen LogP contribution in [0.5, 0.6) is 0 Å². The van der Waals surface area contributed by atoms with E-state index in [1.807, 2.05) is 0 Å². The van der Waals surface area contributed by atoms with E-state index in [0.717, 1.165) is 0 Å². The molecule has 0 aromatic rings. The first-order valence-corrected chi connectivity index (χ1v) is 3.31. The summed E-state index contributed by atoms with van der Waals surface area (Å²) in [4.78, 5) is 10.7. The molecular weight excluding hydrogens is 157 g/mol. The van der Waals surface area contributed by atoms with Gasteiger partial charge in [0.15, 0.2) is 5.78 Å². The largest absolute Gasteiger partial charge is 0.410 e. The minimum atomic E-state index is -4.34. The summed E-state index contributed by atoms with van der Waals surface area (Å²) in [7, 11) is 0. The molecule has 0 aromatic carbocycles. The molecule has 0 aliphatic heterocycles. The molecule has 1 nitrogen and oxygen atoms in total. The summed E-state index contributed by atoms with van der Waals surface area (Å²) in [5, 5.41) is 0. The minimum Gasteiger partial charge on any atom is -0.295 e. The van der Waals surface area contributed by atoms with Crippen molar-refractivity contribution in [2.45, 2.75) is 25.4 Å². The lowest BCUT2D eigenvalue weighted by Gasteiger charge is -1.99. The second-order valence-electron chi connectivity index (χ2n) is 2.49. The summed E-state index contributed by atoms with van der Waals surface area (Å²) in [5.74, 6) is -0.359. The number of rotatable bonds is 0. The van der Waals surface area contributed by atoms with E-state index >= 15 is 0 Å². The monoisotopic (exact) mass is 164 g/mol. The van der Waals surface area contributed by atoms with E-state index in [4.69, 9.17) is 0 Å².